The van der Waals surface area contributed by atoms with Crippen molar-refractivity contribution < 1.29 is 14.6 Å². The summed E-state index contributed by atoms with van der Waals surface area (Å²) in [6.45, 7) is 7.26. The first-order chi connectivity index (χ1) is 8.40. The second kappa shape index (κ2) is 4.92. The fourth-order valence-corrected chi connectivity index (χ4v) is 2.84. The van der Waals surface area contributed by atoms with Gasteiger partial charge in [0.1, 0.15) is 5.60 Å². The highest BCUT2D eigenvalue weighted by atomic mass is 16.6. The maximum absolute atomic E-state index is 12.0. The van der Waals surface area contributed by atoms with Crippen LogP contribution in [-0.4, -0.2) is 41.4 Å². The Morgan fingerprint density at radius 1 is 1.44 bits per heavy atom. The molecule has 4 heteroatoms. The van der Waals surface area contributed by atoms with E-state index in [-0.39, 0.29) is 18.6 Å². The Bertz CT molecular complexity index is 345. The number of carbonyl (C=O) groups excluding carboxylic acids is 1. The van der Waals surface area contributed by atoms with Gasteiger partial charge in [0, 0.05) is 19.7 Å². The van der Waals surface area contributed by atoms with E-state index < -0.39 is 5.60 Å². The predicted molar refractivity (Wildman–Crippen MR) is 69.1 cm³/mol. The van der Waals surface area contributed by atoms with Crippen LogP contribution >= 0.6 is 0 Å². The third-order valence-electron chi connectivity index (χ3n) is 3.73. The number of allylic oxidation sites excluding steroid dienone is 1. The minimum absolute atomic E-state index is 0.202. The van der Waals surface area contributed by atoms with Gasteiger partial charge in [-0.2, -0.15) is 0 Å². The van der Waals surface area contributed by atoms with E-state index in [1.807, 2.05) is 20.8 Å². The summed E-state index contributed by atoms with van der Waals surface area (Å²) in [7, 11) is 0. The second-order valence-corrected chi connectivity index (χ2v) is 6.32. The van der Waals surface area contributed by atoms with Crippen molar-refractivity contribution in [2.75, 3.05) is 19.7 Å². The van der Waals surface area contributed by atoms with E-state index in [1.54, 1.807) is 4.90 Å². The second-order valence-electron chi connectivity index (χ2n) is 6.32. The molecular formula is C14H23NO3. The number of hydrogen-bond acceptors (Lipinski definition) is 3. The largest absolute Gasteiger partial charge is 0.444 e. The Balaban J connectivity index is 1.99. The topological polar surface area (TPSA) is 49.8 Å². The molecule has 3 atom stereocenters. The molecule has 1 fully saturated rings. The molecule has 0 aromatic carbocycles. The maximum atomic E-state index is 12.0. The smallest absolute Gasteiger partial charge is 0.410 e. The van der Waals surface area contributed by atoms with Crippen LogP contribution in [-0.2, 0) is 4.74 Å². The van der Waals surface area contributed by atoms with Gasteiger partial charge in [0.15, 0.2) is 0 Å². The summed E-state index contributed by atoms with van der Waals surface area (Å²) >= 11 is 0. The van der Waals surface area contributed by atoms with Gasteiger partial charge in [-0.1, -0.05) is 12.2 Å². The quantitative estimate of drug-likeness (QED) is 0.727. The summed E-state index contributed by atoms with van der Waals surface area (Å²) < 4.78 is 5.40. The summed E-state index contributed by atoms with van der Waals surface area (Å²) in [5.74, 6) is 1.04. The first-order valence-electron chi connectivity index (χ1n) is 6.66. The number of rotatable bonds is 1. The van der Waals surface area contributed by atoms with Crippen LogP contribution in [0.3, 0.4) is 0 Å². The minimum atomic E-state index is -0.447. The van der Waals surface area contributed by atoms with Crippen molar-refractivity contribution >= 4 is 6.09 Å². The van der Waals surface area contributed by atoms with Gasteiger partial charge in [0.25, 0.3) is 0 Å². The van der Waals surface area contributed by atoms with Crippen LogP contribution in [0.4, 0.5) is 4.79 Å². The highest BCUT2D eigenvalue weighted by molar-refractivity contribution is 5.68. The van der Waals surface area contributed by atoms with Crippen LogP contribution in [0.1, 0.15) is 27.2 Å². The van der Waals surface area contributed by atoms with Gasteiger partial charge in [0.2, 0.25) is 0 Å². The van der Waals surface area contributed by atoms with Gasteiger partial charge in [-0.15, -0.1) is 0 Å². The predicted octanol–water partition coefficient (Wildman–Crippen LogP) is 2.04. The van der Waals surface area contributed by atoms with Crippen molar-refractivity contribution in [3.8, 4) is 0 Å². The number of carbonyl (C=O) groups is 1. The van der Waals surface area contributed by atoms with Crippen molar-refractivity contribution in [3.05, 3.63) is 12.2 Å². The molecule has 18 heavy (non-hydrogen) atoms. The highest BCUT2D eigenvalue weighted by Gasteiger charge is 2.40. The monoisotopic (exact) mass is 253 g/mol. The molecule has 1 N–H and O–H groups in total. The van der Waals surface area contributed by atoms with Crippen LogP contribution in [0.25, 0.3) is 0 Å². The molecule has 0 saturated carbocycles. The van der Waals surface area contributed by atoms with E-state index >= 15 is 0 Å². The molecule has 1 aliphatic carbocycles. The molecule has 2 aliphatic rings. The lowest BCUT2D eigenvalue weighted by atomic mass is 9.78. The Kier molecular flexibility index (Phi) is 3.66. The molecule has 1 saturated heterocycles. The van der Waals surface area contributed by atoms with Crippen LogP contribution in [0.5, 0.6) is 0 Å². The first kappa shape index (κ1) is 13.4. The number of aliphatic hydroxyl groups excluding tert-OH is 1. The zero-order valence-electron chi connectivity index (χ0n) is 11.4. The lowest BCUT2D eigenvalue weighted by Gasteiger charge is -2.27. The van der Waals surface area contributed by atoms with E-state index in [2.05, 4.69) is 12.2 Å². The third kappa shape index (κ3) is 2.86. The van der Waals surface area contributed by atoms with Crippen molar-refractivity contribution in [2.24, 2.45) is 17.8 Å². The van der Waals surface area contributed by atoms with E-state index in [9.17, 15) is 9.90 Å². The molecule has 102 valence electrons. The average Bonchev–Trinajstić information content (AvgIpc) is 2.70. The zero-order chi connectivity index (χ0) is 13.3. The SMILES string of the molecule is CC(C)(C)OC(=O)N1C[C@H]2[C@H](CO)CC=C[C@H]2C1. The van der Waals surface area contributed by atoms with Crippen LogP contribution in [0, 0.1) is 17.8 Å². The van der Waals surface area contributed by atoms with Crippen molar-refractivity contribution in [1.29, 1.82) is 0 Å². The number of ether oxygens (including phenoxy) is 1. The van der Waals surface area contributed by atoms with Gasteiger partial charge < -0.3 is 14.7 Å². The first-order valence-corrected chi connectivity index (χ1v) is 6.66. The summed E-state index contributed by atoms with van der Waals surface area (Å²) in [6.07, 6.45) is 4.99. The molecule has 4 nitrogen and oxygen atoms in total. The van der Waals surface area contributed by atoms with E-state index in [4.69, 9.17) is 4.74 Å². The number of likely N-dealkylation sites (tertiary alicyclic amines) is 1. The van der Waals surface area contributed by atoms with Gasteiger partial charge in [-0.05, 0) is 44.9 Å². The molecule has 0 aromatic heterocycles. The molecule has 0 unspecified atom stereocenters. The van der Waals surface area contributed by atoms with E-state index in [0.29, 0.717) is 24.9 Å². The van der Waals surface area contributed by atoms with Crippen LogP contribution in [0.2, 0.25) is 0 Å². The van der Waals surface area contributed by atoms with Crippen LogP contribution in [0.15, 0.2) is 12.2 Å². The van der Waals surface area contributed by atoms with Gasteiger partial charge >= 0.3 is 6.09 Å². The van der Waals surface area contributed by atoms with Gasteiger partial charge in [-0.25, -0.2) is 4.79 Å². The molecule has 1 amide bonds. The maximum Gasteiger partial charge on any atom is 0.410 e. The number of fused-ring (bicyclic) bond motifs is 1. The van der Waals surface area contributed by atoms with Gasteiger partial charge in [-0.3, -0.25) is 0 Å². The van der Waals surface area contributed by atoms with Crippen molar-refractivity contribution in [1.82, 2.24) is 4.90 Å². The zero-order valence-corrected chi connectivity index (χ0v) is 11.4. The number of hydrogen-bond donors (Lipinski definition) is 1. The Morgan fingerprint density at radius 3 is 2.78 bits per heavy atom. The molecule has 0 bridgehead atoms. The molecule has 2 rings (SSSR count). The highest BCUT2D eigenvalue weighted by Crippen LogP contribution is 2.36. The summed E-state index contributed by atoms with van der Waals surface area (Å²) in [5.41, 5.74) is -0.447. The van der Waals surface area contributed by atoms with E-state index in [1.165, 1.54) is 0 Å². The van der Waals surface area contributed by atoms with Crippen molar-refractivity contribution in [3.63, 3.8) is 0 Å². The van der Waals surface area contributed by atoms with Crippen LogP contribution < -0.4 is 0 Å². The lowest BCUT2D eigenvalue weighted by molar-refractivity contribution is 0.0279. The fraction of sp³-hybridized carbons (Fsp3) is 0.786. The molecule has 0 spiro atoms. The minimum Gasteiger partial charge on any atom is -0.444 e. The lowest BCUT2D eigenvalue weighted by Crippen LogP contribution is -2.36. The van der Waals surface area contributed by atoms with E-state index in [0.717, 1.165) is 6.42 Å². The standard InChI is InChI=1S/C14H23NO3/c1-14(2,3)18-13(17)15-7-10-5-4-6-11(9-16)12(10)8-15/h4-5,10-12,16H,6-9H2,1-3H3/t10-,11-,12+/m0/s1. The normalized spacial score (nSPS) is 31.3. The summed E-state index contributed by atoms with van der Waals surface area (Å²) in [5, 5.41) is 9.38. The molecule has 1 aliphatic heterocycles. The third-order valence-corrected chi connectivity index (χ3v) is 3.73. The number of amides is 1. The Morgan fingerprint density at radius 2 is 2.17 bits per heavy atom. The van der Waals surface area contributed by atoms with Crippen molar-refractivity contribution in [2.45, 2.75) is 32.8 Å². The summed E-state index contributed by atoms with van der Waals surface area (Å²) in [4.78, 5) is 13.8. The Labute approximate surface area is 109 Å². The summed E-state index contributed by atoms with van der Waals surface area (Å²) in [6, 6.07) is 0. The molecule has 0 radical (unpaired) electrons. The van der Waals surface area contributed by atoms with Gasteiger partial charge in [0.05, 0.1) is 0 Å². The fourth-order valence-electron chi connectivity index (χ4n) is 2.84. The molecule has 1 heterocycles. The number of aliphatic hydroxyl groups is 1. The Hall–Kier alpha value is -1.03. The molecule has 0 aromatic rings. The molecular weight excluding hydrogens is 230 g/mol. The number of nitrogens with zero attached hydrogens (tertiary/aromatic N) is 1. The average molecular weight is 253 g/mol.